The number of ether oxygens (including phenoxy) is 2. The van der Waals surface area contributed by atoms with Crippen molar-refractivity contribution in [2.75, 3.05) is 12.0 Å². The van der Waals surface area contributed by atoms with Crippen molar-refractivity contribution in [3.05, 3.63) is 42.0 Å². The molecular weight excluding hydrogens is 298 g/mol. The second-order valence-electron chi connectivity index (χ2n) is 6.18. The van der Waals surface area contributed by atoms with Gasteiger partial charge in [0.1, 0.15) is 0 Å². The monoisotopic (exact) mass is 313 g/mol. The van der Waals surface area contributed by atoms with Crippen LogP contribution in [0.3, 0.4) is 0 Å². The number of carbonyl (C=O) groups excluding carboxylic acids is 3. The molecule has 2 saturated heterocycles. The summed E-state index contributed by atoms with van der Waals surface area (Å²) in [6.45, 7) is 1.84. The lowest BCUT2D eigenvalue weighted by Crippen LogP contribution is -2.38. The molecule has 0 spiro atoms. The molecule has 3 aliphatic rings. The SMILES string of the molecule is COC(=O)c1ccc(N2C(=O)[C@H]3[C@H]4C=C[C@@](C)(O4)[C@H]3C2=O)cc1. The van der Waals surface area contributed by atoms with Gasteiger partial charge < -0.3 is 9.47 Å². The van der Waals surface area contributed by atoms with Crippen molar-refractivity contribution in [3.63, 3.8) is 0 Å². The minimum absolute atomic E-state index is 0.246. The van der Waals surface area contributed by atoms with E-state index in [0.717, 1.165) is 0 Å². The molecule has 2 fully saturated rings. The van der Waals surface area contributed by atoms with Crippen LogP contribution in [0, 0.1) is 11.8 Å². The van der Waals surface area contributed by atoms with E-state index in [-0.39, 0.29) is 17.9 Å². The second-order valence-corrected chi connectivity index (χ2v) is 6.18. The number of methoxy groups -OCH3 is 1. The van der Waals surface area contributed by atoms with E-state index in [1.807, 2.05) is 19.1 Å². The predicted molar refractivity (Wildman–Crippen MR) is 79.7 cm³/mol. The van der Waals surface area contributed by atoms with Crippen LogP contribution in [0.4, 0.5) is 5.69 Å². The summed E-state index contributed by atoms with van der Waals surface area (Å²) in [6, 6.07) is 6.26. The van der Waals surface area contributed by atoms with E-state index in [0.29, 0.717) is 11.3 Å². The zero-order chi connectivity index (χ0) is 16.4. The fourth-order valence-corrected chi connectivity index (χ4v) is 3.77. The molecule has 0 radical (unpaired) electrons. The normalized spacial score (nSPS) is 34.2. The van der Waals surface area contributed by atoms with Crippen molar-refractivity contribution in [2.24, 2.45) is 11.8 Å². The van der Waals surface area contributed by atoms with Crippen LogP contribution in [0.5, 0.6) is 0 Å². The van der Waals surface area contributed by atoms with E-state index in [1.54, 1.807) is 24.3 Å². The van der Waals surface area contributed by atoms with Gasteiger partial charge in [-0.1, -0.05) is 12.2 Å². The maximum Gasteiger partial charge on any atom is 0.337 e. The number of hydrogen-bond acceptors (Lipinski definition) is 5. The highest BCUT2D eigenvalue weighted by atomic mass is 16.5. The molecule has 4 atom stereocenters. The number of imide groups is 1. The Morgan fingerprint density at radius 2 is 1.91 bits per heavy atom. The molecule has 4 rings (SSSR count). The largest absolute Gasteiger partial charge is 0.465 e. The molecule has 3 aliphatic heterocycles. The van der Waals surface area contributed by atoms with E-state index < -0.39 is 23.4 Å². The van der Waals surface area contributed by atoms with Gasteiger partial charge in [0.2, 0.25) is 11.8 Å². The quantitative estimate of drug-likeness (QED) is 0.467. The molecular formula is C17H15NO5. The molecule has 0 saturated carbocycles. The number of anilines is 1. The molecule has 6 heteroatoms. The van der Waals surface area contributed by atoms with E-state index in [9.17, 15) is 14.4 Å². The Hall–Kier alpha value is -2.47. The smallest absolute Gasteiger partial charge is 0.337 e. The Balaban J connectivity index is 1.68. The summed E-state index contributed by atoms with van der Waals surface area (Å²) >= 11 is 0. The molecule has 1 aromatic rings. The topological polar surface area (TPSA) is 72.9 Å². The van der Waals surface area contributed by atoms with Crippen molar-refractivity contribution in [3.8, 4) is 0 Å². The maximum atomic E-state index is 12.8. The van der Waals surface area contributed by atoms with Crippen LogP contribution in [-0.4, -0.2) is 36.6 Å². The van der Waals surface area contributed by atoms with Crippen LogP contribution in [0.25, 0.3) is 0 Å². The van der Waals surface area contributed by atoms with Gasteiger partial charge in [-0.25, -0.2) is 9.69 Å². The van der Waals surface area contributed by atoms with Crippen LogP contribution >= 0.6 is 0 Å². The van der Waals surface area contributed by atoms with Crippen molar-refractivity contribution in [1.82, 2.24) is 0 Å². The van der Waals surface area contributed by atoms with Gasteiger partial charge in [-0.3, -0.25) is 9.59 Å². The highest BCUT2D eigenvalue weighted by Gasteiger charge is 2.65. The molecule has 0 N–H and O–H groups in total. The third-order valence-corrected chi connectivity index (χ3v) is 4.88. The first-order valence-electron chi connectivity index (χ1n) is 7.39. The number of rotatable bonds is 2. The second kappa shape index (κ2) is 4.52. The van der Waals surface area contributed by atoms with Crippen molar-refractivity contribution >= 4 is 23.5 Å². The molecule has 0 aromatic heterocycles. The average molecular weight is 313 g/mol. The first-order chi connectivity index (χ1) is 11.0. The summed E-state index contributed by atoms with van der Waals surface area (Å²) in [5.41, 5.74) is 0.126. The van der Waals surface area contributed by atoms with Gasteiger partial charge in [0.25, 0.3) is 0 Å². The molecule has 2 amide bonds. The third-order valence-electron chi connectivity index (χ3n) is 4.88. The molecule has 1 aromatic carbocycles. The number of nitrogens with zero attached hydrogens (tertiary/aromatic N) is 1. The highest BCUT2D eigenvalue weighted by Crippen LogP contribution is 2.52. The molecule has 0 unspecified atom stereocenters. The van der Waals surface area contributed by atoms with E-state index in [2.05, 4.69) is 4.74 Å². The zero-order valence-electron chi connectivity index (χ0n) is 12.7. The van der Waals surface area contributed by atoms with Crippen molar-refractivity contribution < 1.29 is 23.9 Å². The Morgan fingerprint density at radius 1 is 1.22 bits per heavy atom. The lowest BCUT2D eigenvalue weighted by molar-refractivity contribution is -0.126. The standard InChI is InChI=1S/C17H15NO5/c1-17-8-7-11(23-17)12-13(17)15(20)18(14(12)19)10-5-3-9(4-6-10)16(21)22-2/h3-8,11-13H,1-2H3/t11-,12+,13-,17-/m1/s1. The lowest BCUT2D eigenvalue weighted by Gasteiger charge is -2.24. The van der Waals surface area contributed by atoms with Crippen LogP contribution in [0.2, 0.25) is 0 Å². The predicted octanol–water partition coefficient (Wildman–Crippen LogP) is 1.31. The summed E-state index contributed by atoms with van der Waals surface area (Å²) in [5.74, 6) is -1.90. The number of esters is 1. The highest BCUT2D eigenvalue weighted by molar-refractivity contribution is 6.23. The van der Waals surface area contributed by atoms with Crippen molar-refractivity contribution in [2.45, 2.75) is 18.6 Å². The van der Waals surface area contributed by atoms with Gasteiger partial charge in [-0.15, -0.1) is 0 Å². The van der Waals surface area contributed by atoms with Crippen LogP contribution in [-0.2, 0) is 19.1 Å². The molecule has 3 heterocycles. The van der Waals surface area contributed by atoms with Crippen LogP contribution in [0.15, 0.2) is 36.4 Å². The number of carbonyl (C=O) groups is 3. The Kier molecular flexibility index (Phi) is 2.78. The van der Waals surface area contributed by atoms with E-state index in [1.165, 1.54) is 12.0 Å². The Morgan fingerprint density at radius 3 is 2.52 bits per heavy atom. The Bertz CT molecular complexity index is 753. The minimum Gasteiger partial charge on any atom is -0.465 e. The molecule has 118 valence electrons. The molecule has 0 aliphatic carbocycles. The summed E-state index contributed by atoms with van der Waals surface area (Å²) in [7, 11) is 1.30. The van der Waals surface area contributed by atoms with Gasteiger partial charge in [-0.2, -0.15) is 0 Å². The van der Waals surface area contributed by atoms with Crippen LogP contribution in [0.1, 0.15) is 17.3 Å². The summed E-state index contributed by atoms with van der Waals surface area (Å²) < 4.78 is 10.4. The maximum absolute atomic E-state index is 12.8. The van der Waals surface area contributed by atoms with E-state index in [4.69, 9.17) is 4.74 Å². The summed E-state index contributed by atoms with van der Waals surface area (Å²) in [5, 5.41) is 0. The Labute approximate surface area is 132 Å². The van der Waals surface area contributed by atoms with Gasteiger partial charge in [0, 0.05) is 0 Å². The average Bonchev–Trinajstić information content (AvgIpc) is 3.16. The van der Waals surface area contributed by atoms with Gasteiger partial charge in [0.15, 0.2) is 0 Å². The first kappa shape index (κ1) is 14.1. The number of benzene rings is 1. The van der Waals surface area contributed by atoms with E-state index >= 15 is 0 Å². The zero-order valence-corrected chi connectivity index (χ0v) is 12.7. The first-order valence-corrected chi connectivity index (χ1v) is 7.39. The van der Waals surface area contributed by atoms with Gasteiger partial charge >= 0.3 is 5.97 Å². The third kappa shape index (κ3) is 1.75. The van der Waals surface area contributed by atoms with Gasteiger partial charge in [-0.05, 0) is 31.2 Å². The van der Waals surface area contributed by atoms with Gasteiger partial charge in [0.05, 0.1) is 41.9 Å². The number of hydrogen-bond donors (Lipinski definition) is 0. The summed E-state index contributed by atoms with van der Waals surface area (Å²) in [4.78, 5) is 38.2. The molecule has 6 nitrogen and oxygen atoms in total. The summed E-state index contributed by atoms with van der Waals surface area (Å²) in [6.07, 6.45) is 3.39. The van der Waals surface area contributed by atoms with Crippen molar-refractivity contribution in [1.29, 1.82) is 0 Å². The fourth-order valence-electron chi connectivity index (χ4n) is 3.77. The number of fused-ring (bicyclic) bond motifs is 5. The van der Waals surface area contributed by atoms with Crippen LogP contribution < -0.4 is 4.90 Å². The fraction of sp³-hybridized carbons (Fsp3) is 0.353. The molecule has 23 heavy (non-hydrogen) atoms. The number of amides is 2. The molecule has 2 bridgehead atoms. The lowest BCUT2D eigenvalue weighted by atomic mass is 9.78. The minimum atomic E-state index is -0.706.